The second kappa shape index (κ2) is 14.4. The summed E-state index contributed by atoms with van der Waals surface area (Å²) in [4.78, 5) is 30.5. The van der Waals surface area contributed by atoms with Crippen LogP contribution in [0, 0.1) is 11.8 Å². The van der Waals surface area contributed by atoms with E-state index in [1.165, 1.54) is 26.4 Å². The van der Waals surface area contributed by atoms with E-state index in [0.717, 1.165) is 67.9 Å². The maximum atomic E-state index is 13.8. The highest BCUT2D eigenvalue weighted by Gasteiger charge is 2.20. The molecule has 41 heavy (non-hydrogen) atoms. The lowest BCUT2D eigenvalue weighted by Crippen LogP contribution is -2.34. The van der Waals surface area contributed by atoms with Crippen LogP contribution >= 0.6 is 0 Å². The molecule has 0 spiro atoms. The fourth-order valence-corrected chi connectivity index (χ4v) is 5.27. The van der Waals surface area contributed by atoms with Crippen molar-refractivity contribution in [3.63, 3.8) is 0 Å². The lowest BCUT2D eigenvalue weighted by molar-refractivity contribution is 0.0600. The molecule has 1 fully saturated rings. The largest absolute Gasteiger partial charge is 0.465 e. The Morgan fingerprint density at radius 2 is 1.68 bits per heavy atom. The number of rotatable bonds is 12. The van der Waals surface area contributed by atoms with Gasteiger partial charge in [0.05, 0.1) is 18.2 Å². The molecule has 0 saturated carbocycles. The molecule has 0 aliphatic carbocycles. The lowest BCUT2D eigenvalue weighted by Gasteiger charge is -2.25. The smallest absolute Gasteiger partial charge is 0.337 e. The quantitative estimate of drug-likeness (QED) is 0.228. The summed E-state index contributed by atoms with van der Waals surface area (Å²) < 4.78 is 6.79. The number of amides is 1. The normalized spacial score (nSPS) is 14.4. The van der Waals surface area contributed by atoms with Gasteiger partial charge in [0.25, 0.3) is 5.91 Å². The van der Waals surface area contributed by atoms with E-state index in [9.17, 15) is 9.59 Å². The van der Waals surface area contributed by atoms with Crippen LogP contribution in [0.4, 0.5) is 0 Å². The Hall–Kier alpha value is -3.45. The first kappa shape index (κ1) is 30.5. The van der Waals surface area contributed by atoms with Crippen LogP contribution in [0.3, 0.4) is 0 Å². The van der Waals surface area contributed by atoms with Crippen molar-refractivity contribution in [2.75, 3.05) is 39.8 Å². The number of aromatic nitrogens is 2. The van der Waals surface area contributed by atoms with Gasteiger partial charge >= 0.3 is 5.97 Å². The molecule has 1 amide bonds. The van der Waals surface area contributed by atoms with Crippen molar-refractivity contribution >= 4 is 23.5 Å². The summed E-state index contributed by atoms with van der Waals surface area (Å²) in [5.74, 6) is 0.740. The molecular formula is C34H46N4O3. The van der Waals surface area contributed by atoms with Crippen molar-refractivity contribution in [2.24, 2.45) is 11.8 Å². The first-order chi connectivity index (χ1) is 19.8. The number of carbonyl (C=O) groups is 2. The van der Waals surface area contributed by atoms with Crippen molar-refractivity contribution < 1.29 is 14.3 Å². The Balaban J connectivity index is 1.73. The van der Waals surface area contributed by atoms with Crippen molar-refractivity contribution in [2.45, 2.75) is 59.8 Å². The van der Waals surface area contributed by atoms with Crippen LogP contribution in [0.25, 0.3) is 22.9 Å². The molecule has 7 nitrogen and oxygen atoms in total. The van der Waals surface area contributed by atoms with E-state index in [1.807, 2.05) is 45.9 Å². The maximum absolute atomic E-state index is 13.8. The van der Waals surface area contributed by atoms with Crippen LogP contribution in [-0.4, -0.2) is 71.1 Å². The summed E-state index contributed by atoms with van der Waals surface area (Å²) in [6, 6.07) is 11.2. The molecule has 220 valence electrons. The molecule has 1 aromatic carbocycles. The number of benzene rings is 1. The van der Waals surface area contributed by atoms with E-state index < -0.39 is 0 Å². The molecule has 2 aromatic heterocycles. The fraction of sp³-hybridized carbons (Fsp3) is 0.500. The summed E-state index contributed by atoms with van der Waals surface area (Å²) >= 11 is 0. The number of carbonyl (C=O) groups excluding carboxylic acids is 2. The van der Waals surface area contributed by atoms with Gasteiger partial charge in [0.1, 0.15) is 5.69 Å². The summed E-state index contributed by atoms with van der Waals surface area (Å²) in [5, 5.41) is 4.91. The van der Waals surface area contributed by atoms with Gasteiger partial charge in [-0.3, -0.25) is 9.69 Å². The number of esters is 1. The number of hydrogen-bond acceptors (Lipinski definition) is 5. The average Bonchev–Trinajstić information content (AvgIpc) is 3.34. The molecule has 0 bridgehead atoms. The molecule has 1 aliphatic rings. The molecule has 0 N–H and O–H groups in total. The summed E-state index contributed by atoms with van der Waals surface area (Å²) in [6.07, 6.45) is 11.9. The molecule has 3 aromatic rings. The van der Waals surface area contributed by atoms with Gasteiger partial charge < -0.3 is 9.64 Å². The number of ether oxygens (including phenoxy) is 1. The third-order valence-electron chi connectivity index (χ3n) is 7.81. The number of pyridine rings is 1. The van der Waals surface area contributed by atoms with Crippen molar-refractivity contribution in [1.82, 2.24) is 19.4 Å². The maximum Gasteiger partial charge on any atom is 0.337 e. The second-order valence-electron chi connectivity index (χ2n) is 12.0. The van der Waals surface area contributed by atoms with Gasteiger partial charge in [-0.1, -0.05) is 58.4 Å². The highest BCUT2D eigenvalue weighted by molar-refractivity contribution is 5.97. The summed E-state index contributed by atoms with van der Waals surface area (Å²) in [5.41, 5.74) is 4.56. The van der Waals surface area contributed by atoms with E-state index in [2.05, 4.69) is 44.7 Å². The van der Waals surface area contributed by atoms with Gasteiger partial charge in [0.2, 0.25) is 0 Å². The number of hydrogen-bond donors (Lipinski definition) is 0. The number of fused-ring (bicyclic) bond motifs is 1. The van der Waals surface area contributed by atoms with Crippen molar-refractivity contribution in [3.05, 3.63) is 65.4 Å². The number of likely N-dealkylation sites (tertiary alicyclic amines) is 1. The predicted molar refractivity (Wildman–Crippen MR) is 166 cm³/mol. The van der Waals surface area contributed by atoms with E-state index in [-0.39, 0.29) is 11.9 Å². The fourth-order valence-electron chi connectivity index (χ4n) is 5.27. The molecule has 4 rings (SSSR count). The van der Waals surface area contributed by atoms with Gasteiger partial charge in [0.15, 0.2) is 0 Å². The van der Waals surface area contributed by atoms with Gasteiger partial charge in [-0.25, -0.2) is 9.31 Å². The van der Waals surface area contributed by atoms with Crippen LogP contribution < -0.4 is 0 Å². The van der Waals surface area contributed by atoms with Crippen LogP contribution in [0.2, 0.25) is 0 Å². The van der Waals surface area contributed by atoms with E-state index in [1.54, 1.807) is 6.07 Å². The Bertz CT molecular complexity index is 1340. The summed E-state index contributed by atoms with van der Waals surface area (Å²) in [6.45, 7) is 13.4. The van der Waals surface area contributed by atoms with Gasteiger partial charge in [-0.05, 0) is 74.9 Å². The minimum absolute atomic E-state index is 0.0625. The number of methoxy groups -OCH3 is 1. The van der Waals surface area contributed by atoms with Gasteiger partial charge in [0, 0.05) is 42.5 Å². The van der Waals surface area contributed by atoms with E-state index in [0.29, 0.717) is 23.0 Å². The van der Waals surface area contributed by atoms with Crippen molar-refractivity contribution in [3.8, 4) is 11.3 Å². The van der Waals surface area contributed by atoms with Gasteiger partial charge in [-0.2, -0.15) is 5.10 Å². The zero-order valence-electron chi connectivity index (χ0n) is 25.4. The SMILES string of the molecule is COC(=O)c1cccc(-c2nn3ccc(C(=O)N(CCC(C)C)CCC(C)C)cc3c2C=CCN2CCCCC2)c1. The molecule has 3 heterocycles. The number of nitrogens with zero attached hydrogens (tertiary/aromatic N) is 4. The lowest BCUT2D eigenvalue weighted by atomic mass is 10.0. The average molecular weight is 559 g/mol. The van der Waals surface area contributed by atoms with Crippen LogP contribution in [0.15, 0.2) is 48.7 Å². The first-order valence-corrected chi connectivity index (χ1v) is 15.2. The monoisotopic (exact) mass is 558 g/mol. The summed E-state index contributed by atoms with van der Waals surface area (Å²) in [7, 11) is 1.39. The second-order valence-corrected chi connectivity index (χ2v) is 12.0. The highest BCUT2D eigenvalue weighted by Crippen LogP contribution is 2.29. The van der Waals surface area contributed by atoms with Crippen LogP contribution in [-0.2, 0) is 4.74 Å². The molecule has 7 heteroatoms. The van der Waals surface area contributed by atoms with E-state index in [4.69, 9.17) is 9.84 Å². The molecule has 1 saturated heterocycles. The zero-order chi connectivity index (χ0) is 29.4. The highest BCUT2D eigenvalue weighted by atomic mass is 16.5. The van der Waals surface area contributed by atoms with Crippen LogP contribution in [0.5, 0.6) is 0 Å². The number of piperidine rings is 1. The molecule has 0 radical (unpaired) electrons. The Labute approximate surface area is 245 Å². The predicted octanol–water partition coefficient (Wildman–Crippen LogP) is 6.82. The van der Waals surface area contributed by atoms with Crippen LogP contribution in [0.1, 0.15) is 86.1 Å². The Morgan fingerprint density at radius 1 is 0.976 bits per heavy atom. The first-order valence-electron chi connectivity index (χ1n) is 15.2. The molecule has 1 aliphatic heterocycles. The third-order valence-corrected chi connectivity index (χ3v) is 7.81. The molecular weight excluding hydrogens is 512 g/mol. The standard InChI is InChI=1S/C34H46N4O3/c1-25(2)14-20-37(21-15-26(3)4)33(39)28-16-22-38-31(24-28)30(13-10-19-36-17-7-6-8-18-36)32(35-38)27-11-9-12-29(23-27)34(40)41-5/h9-13,16,22-26H,6-8,14-15,17-21H2,1-5H3. The van der Waals surface area contributed by atoms with Crippen molar-refractivity contribution in [1.29, 1.82) is 0 Å². The van der Waals surface area contributed by atoms with E-state index >= 15 is 0 Å². The molecule has 0 unspecified atom stereocenters. The Morgan fingerprint density at radius 3 is 2.34 bits per heavy atom. The molecule has 0 atom stereocenters. The minimum atomic E-state index is -0.381. The topological polar surface area (TPSA) is 67.1 Å². The van der Waals surface area contributed by atoms with Gasteiger partial charge in [-0.15, -0.1) is 0 Å². The Kier molecular flexibility index (Phi) is 10.7. The third kappa shape index (κ3) is 8.07. The zero-order valence-corrected chi connectivity index (χ0v) is 25.4. The minimum Gasteiger partial charge on any atom is -0.465 e.